The molecule has 2 rings (SSSR count). The van der Waals surface area contributed by atoms with Crippen LogP contribution in [-0.2, 0) is 17.8 Å². The number of carbonyl (C=O) groups is 1. The number of imidazole rings is 1. The van der Waals surface area contributed by atoms with Gasteiger partial charge in [0.1, 0.15) is 6.54 Å². The largest absolute Gasteiger partial charge is 0.406 e. The molecule has 1 aromatic heterocycles. The Balaban J connectivity index is 2.05. The van der Waals surface area contributed by atoms with Gasteiger partial charge in [0.05, 0.1) is 23.8 Å². The third kappa shape index (κ3) is 3.50. The van der Waals surface area contributed by atoms with Gasteiger partial charge in [-0.25, -0.2) is 4.98 Å². The molecule has 0 bridgehead atoms. The molecule has 0 radical (unpaired) electrons. The van der Waals surface area contributed by atoms with Gasteiger partial charge in [-0.1, -0.05) is 6.92 Å². The van der Waals surface area contributed by atoms with Crippen LogP contribution in [0, 0.1) is 0 Å². The lowest BCUT2D eigenvalue weighted by molar-refractivity contribution is -0.162. The second kappa shape index (κ2) is 5.82. The summed E-state index contributed by atoms with van der Waals surface area (Å²) in [5, 5.41) is 2.96. The summed E-state index contributed by atoms with van der Waals surface area (Å²) in [5.74, 6) is -0.516. The summed E-state index contributed by atoms with van der Waals surface area (Å²) in [5.41, 5.74) is 1.62. The van der Waals surface area contributed by atoms with E-state index in [0.717, 1.165) is 16.3 Å². The van der Waals surface area contributed by atoms with Crippen LogP contribution in [0.3, 0.4) is 0 Å². The highest BCUT2D eigenvalue weighted by atomic mass is 19.4. The molecule has 1 amide bonds. The summed E-state index contributed by atoms with van der Waals surface area (Å²) in [6.07, 6.45) is -2.05. The van der Waals surface area contributed by atoms with Crippen molar-refractivity contribution < 1.29 is 18.0 Å². The van der Waals surface area contributed by atoms with Crippen LogP contribution in [-0.4, -0.2) is 46.1 Å². The predicted octanol–water partition coefficient (Wildman–Crippen LogP) is 1.22. The van der Waals surface area contributed by atoms with Crippen molar-refractivity contribution in [3.05, 3.63) is 17.7 Å². The maximum atomic E-state index is 12.5. The lowest BCUT2D eigenvalue weighted by Gasteiger charge is -2.30. The van der Waals surface area contributed by atoms with Gasteiger partial charge in [-0.05, 0) is 6.42 Å². The fourth-order valence-electron chi connectivity index (χ4n) is 2.32. The summed E-state index contributed by atoms with van der Waals surface area (Å²) in [6, 6.07) is -0.639. The molecule has 5 nitrogen and oxygen atoms in total. The number of fused-ring (bicyclic) bond motifs is 1. The van der Waals surface area contributed by atoms with Crippen LogP contribution < -0.4 is 5.32 Å². The molecule has 20 heavy (non-hydrogen) atoms. The maximum Gasteiger partial charge on any atom is 0.406 e. The van der Waals surface area contributed by atoms with E-state index < -0.39 is 24.7 Å². The van der Waals surface area contributed by atoms with E-state index in [4.69, 9.17) is 0 Å². The minimum Gasteiger partial charge on any atom is -0.347 e. The molecule has 1 atom stereocenters. The highest BCUT2D eigenvalue weighted by Gasteiger charge is 2.36. The monoisotopic (exact) mass is 290 g/mol. The van der Waals surface area contributed by atoms with Gasteiger partial charge in [0, 0.05) is 19.5 Å². The molecule has 0 saturated carbocycles. The number of amides is 1. The molecule has 2 N–H and O–H groups in total. The van der Waals surface area contributed by atoms with E-state index in [1.54, 1.807) is 6.92 Å². The average molecular weight is 290 g/mol. The summed E-state index contributed by atoms with van der Waals surface area (Å²) >= 11 is 0. The van der Waals surface area contributed by atoms with Gasteiger partial charge < -0.3 is 9.88 Å². The number of nitrogens with zero attached hydrogens (tertiary/aromatic N) is 2. The van der Waals surface area contributed by atoms with Crippen LogP contribution in [0.1, 0.15) is 24.7 Å². The fraction of sp³-hybridized carbons (Fsp3) is 0.667. The Hall–Kier alpha value is -1.57. The van der Waals surface area contributed by atoms with Crippen LogP contribution >= 0.6 is 0 Å². The van der Waals surface area contributed by atoms with Crippen molar-refractivity contribution in [2.75, 3.05) is 13.1 Å². The number of rotatable bonds is 4. The van der Waals surface area contributed by atoms with E-state index >= 15 is 0 Å². The zero-order valence-electron chi connectivity index (χ0n) is 11.1. The zero-order valence-corrected chi connectivity index (χ0v) is 11.1. The molecule has 1 unspecified atom stereocenters. The quantitative estimate of drug-likeness (QED) is 0.876. The van der Waals surface area contributed by atoms with Gasteiger partial charge in [0.15, 0.2) is 0 Å². The molecule has 2 heterocycles. The van der Waals surface area contributed by atoms with Crippen molar-refractivity contribution in [2.45, 2.75) is 38.5 Å². The molecule has 0 fully saturated rings. The Morgan fingerprint density at radius 2 is 2.30 bits per heavy atom. The molecule has 0 aromatic carbocycles. The second-order valence-corrected chi connectivity index (χ2v) is 4.84. The minimum atomic E-state index is -4.38. The van der Waals surface area contributed by atoms with Crippen LogP contribution in [0.25, 0.3) is 0 Å². The van der Waals surface area contributed by atoms with E-state index in [1.165, 1.54) is 6.33 Å². The molecular weight excluding hydrogens is 273 g/mol. The number of hydrogen-bond donors (Lipinski definition) is 2. The number of aromatic amines is 1. The molecule has 1 aliphatic heterocycles. The standard InChI is InChI=1S/C12H17F3N4O/c1-2-3-19(6-12(13,14)15)11(20)9-4-8-10(5-16-9)18-7-17-8/h7,9,16H,2-6H2,1H3,(H,17,18). The van der Waals surface area contributed by atoms with Crippen LogP contribution in [0.2, 0.25) is 0 Å². The van der Waals surface area contributed by atoms with Gasteiger partial charge in [-0.2, -0.15) is 13.2 Å². The minimum absolute atomic E-state index is 0.101. The highest BCUT2D eigenvalue weighted by Crippen LogP contribution is 2.19. The zero-order chi connectivity index (χ0) is 14.8. The molecule has 1 aliphatic rings. The number of alkyl halides is 3. The van der Waals surface area contributed by atoms with Crippen molar-refractivity contribution in [2.24, 2.45) is 0 Å². The van der Waals surface area contributed by atoms with Crippen LogP contribution in [0.4, 0.5) is 13.2 Å². The van der Waals surface area contributed by atoms with E-state index in [2.05, 4.69) is 15.3 Å². The van der Waals surface area contributed by atoms with Gasteiger partial charge in [0.25, 0.3) is 0 Å². The maximum absolute atomic E-state index is 12.5. The van der Waals surface area contributed by atoms with E-state index in [0.29, 0.717) is 19.4 Å². The molecule has 8 heteroatoms. The number of nitrogens with one attached hydrogen (secondary N) is 2. The number of H-pyrrole nitrogens is 1. The predicted molar refractivity (Wildman–Crippen MR) is 65.8 cm³/mol. The molecule has 112 valence electrons. The smallest absolute Gasteiger partial charge is 0.347 e. The first kappa shape index (κ1) is 14.8. The van der Waals surface area contributed by atoms with Crippen molar-refractivity contribution >= 4 is 5.91 Å². The van der Waals surface area contributed by atoms with Gasteiger partial charge in [-0.15, -0.1) is 0 Å². The molecule has 0 aliphatic carbocycles. The van der Waals surface area contributed by atoms with Crippen molar-refractivity contribution in [3.63, 3.8) is 0 Å². The Bertz CT molecular complexity index is 472. The van der Waals surface area contributed by atoms with E-state index in [1.807, 2.05) is 0 Å². The van der Waals surface area contributed by atoms with Crippen molar-refractivity contribution in [1.29, 1.82) is 0 Å². The van der Waals surface area contributed by atoms with Crippen molar-refractivity contribution in [1.82, 2.24) is 20.2 Å². The van der Waals surface area contributed by atoms with Crippen LogP contribution in [0.5, 0.6) is 0 Å². The Morgan fingerprint density at radius 1 is 1.55 bits per heavy atom. The summed E-state index contributed by atoms with van der Waals surface area (Å²) in [4.78, 5) is 20.1. The number of carbonyl (C=O) groups excluding carboxylic acids is 1. The van der Waals surface area contributed by atoms with Gasteiger partial charge >= 0.3 is 6.18 Å². The van der Waals surface area contributed by atoms with Crippen molar-refractivity contribution in [3.8, 4) is 0 Å². The van der Waals surface area contributed by atoms with Gasteiger partial charge in [0.2, 0.25) is 5.91 Å². The Morgan fingerprint density at radius 3 is 2.95 bits per heavy atom. The Kier molecular flexibility index (Phi) is 4.32. The average Bonchev–Trinajstić information content (AvgIpc) is 2.83. The molecule has 0 spiro atoms. The SMILES string of the molecule is CCCN(CC(F)(F)F)C(=O)C1Cc2nc[nH]c2CN1. The first-order valence-electron chi connectivity index (χ1n) is 6.50. The topological polar surface area (TPSA) is 61.0 Å². The second-order valence-electron chi connectivity index (χ2n) is 4.84. The normalized spacial score (nSPS) is 18.7. The first-order chi connectivity index (χ1) is 9.40. The summed E-state index contributed by atoms with van der Waals surface area (Å²) in [7, 11) is 0. The third-order valence-corrected chi connectivity index (χ3v) is 3.20. The van der Waals surface area contributed by atoms with E-state index in [9.17, 15) is 18.0 Å². The molecule has 0 saturated heterocycles. The molecule has 1 aromatic rings. The first-order valence-corrected chi connectivity index (χ1v) is 6.50. The van der Waals surface area contributed by atoms with Crippen LogP contribution in [0.15, 0.2) is 6.33 Å². The number of halogens is 3. The lowest BCUT2D eigenvalue weighted by atomic mass is 10.0. The summed E-state index contributed by atoms with van der Waals surface area (Å²) in [6.45, 7) is 1.06. The third-order valence-electron chi connectivity index (χ3n) is 3.20. The number of aromatic nitrogens is 2. The highest BCUT2D eigenvalue weighted by molar-refractivity contribution is 5.82. The fourth-order valence-corrected chi connectivity index (χ4v) is 2.32. The van der Waals surface area contributed by atoms with E-state index in [-0.39, 0.29) is 6.54 Å². The Labute approximate surface area is 114 Å². The van der Waals surface area contributed by atoms with Gasteiger partial charge in [-0.3, -0.25) is 10.1 Å². The lowest BCUT2D eigenvalue weighted by Crippen LogP contribution is -2.51. The number of hydrogen-bond acceptors (Lipinski definition) is 3. The molecular formula is C12H17F3N4O. The summed E-state index contributed by atoms with van der Waals surface area (Å²) < 4.78 is 37.5.